The summed E-state index contributed by atoms with van der Waals surface area (Å²) >= 11 is 0. The maximum absolute atomic E-state index is 11.5. The quantitative estimate of drug-likeness (QED) is 0.775. The number of aryl methyl sites for hydroxylation is 2. The van der Waals surface area contributed by atoms with Gasteiger partial charge < -0.3 is 9.32 Å². The first kappa shape index (κ1) is 12.6. The molecule has 2 aromatic rings. The monoisotopic (exact) mass is 243 g/mol. The average Bonchev–Trinajstić information content (AvgIpc) is 2.71. The average molecular weight is 243 g/mol. The van der Waals surface area contributed by atoms with E-state index >= 15 is 0 Å². The van der Waals surface area contributed by atoms with Crippen molar-refractivity contribution in [1.29, 1.82) is 0 Å². The SMILES string of the molecule is Cc1noc(C)c1C[C@@](C)(C=O)c1ccccc1. The third-order valence-corrected chi connectivity index (χ3v) is 3.42. The first-order valence-electron chi connectivity index (χ1n) is 6.00. The predicted molar refractivity (Wildman–Crippen MR) is 69.5 cm³/mol. The predicted octanol–water partition coefficient (Wildman–Crippen LogP) is 2.99. The van der Waals surface area contributed by atoms with Crippen LogP contribution in [0.2, 0.25) is 0 Å². The second-order valence-corrected chi connectivity index (χ2v) is 4.88. The van der Waals surface area contributed by atoms with Crippen molar-refractivity contribution in [2.75, 3.05) is 0 Å². The van der Waals surface area contributed by atoms with Crippen LogP contribution < -0.4 is 0 Å². The number of rotatable bonds is 4. The van der Waals surface area contributed by atoms with E-state index in [9.17, 15) is 4.79 Å². The summed E-state index contributed by atoms with van der Waals surface area (Å²) in [5.41, 5.74) is 2.35. The van der Waals surface area contributed by atoms with Gasteiger partial charge in [0.2, 0.25) is 0 Å². The summed E-state index contributed by atoms with van der Waals surface area (Å²) in [6.07, 6.45) is 1.62. The Bertz CT molecular complexity index is 525. The van der Waals surface area contributed by atoms with Crippen molar-refractivity contribution in [2.24, 2.45) is 0 Å². The zero-order valence-corrected chi connectivity index (χ0v) is 10.9. The van der Waals surface area contributed by atoms with Gasteiger partial charge in [-0.3, -0.25) is 0 Å². The molecule has 3 heteroatoms. The van der Waals surface area contributed by atoms with E-state index in [2.05, 4.69) is 5.16 Å². The van der Waals surface area contributed by atoms with E-state index in [1.54, 1.807) is 0 Å². The molecule has 0 saturated carbocycles. The Balaban J connectivity index is 2.38. The molecular weight excluding hydrogens is 226 g/mol. The van der Waals surface area contributed by atoms with Crippen LogP contribution in [0.15, 0.2) is 34.9 Å². The topological polar surface area (TPSA) is 43.1 Å². The molecular formula is C15H17NO2. The largest absolute Gasteiger partial charge is 0.361 e. The minimum absolute atomic E-state index is 0.539. The van der Waals surface area contributed by atoms with E-state index in [4.69, 9.17) is 4.52 Å². The van der Waals surface area contributed by atoms with Gasteiger partial charge in [-0.15, -0.1) is 0 Å². The van der Waals surface area contributed by atoms with Gasteiger partial charge >= 0.3 is 0 Å². The molecule has 0 aliphatic heterocycles. The minimum Gasteiger partial charge on any atom is -0.361 e. The number of hydrogen-bond acceptors (Lipinski definition) is 3. The number of aromatic nitrogens is 1. The highest BCUT2D eigenvalue weighted by Crippen LogP contribution is 2.28. The second-order valence-electron chi connectivity index (χ2n) is 4.88. The third-order valence-electron chi connectivity index (χ3n) is 3.42. The maximum Gasteiger partial charge on any atom is 0.137 e. The van der Waals surface area contributed by atoms with Crippen LogP contribution in [-0.2, 0) is 16.6 Å². The van der Waals surface area contributed by atoms with Gasteiger partial charge in [0.05, 0.1) is 11.1 Å². The lowest BCUT2D eigenvalue weighted by Gasteiger charge is -2.23. The van der Waals surface area contributed by atoms with Crippen LogP contribution in [0.1, 0.15) is 29.5 Å². The van der Waals surface area contributed by atoms with E-state index in [1.165, 1.54) is 0 Å². The summed E-state index contributed by atoms with van der Waals surface area (Å²) in [5.74, 6) is 0.788. The van der Waals surface area contributed by atoms with E-state index in [-0.39, 0.29) is 0 Å². The van der Waals surface area contributed by atoms with Gasteiger partial charge in [0.25, 0.3) is 0 Å². The zero-order chi connectivity index (χ0) is 13.2. The second kappa shape index (κ2) is 4.77. The van der Waals surface area contributed by atoms with Crippen LogP contribution in [0.5, 0.6) is 0 Å². The van der Waals surface area contributed by atoms with Gasteiger partial charge in [0, 0.05) is 5.56 Å². The highest BCUT2D eigenvalue weighted by Gasteiger charge is 2.29. The summed E-state index contributed by atoms with van der Waals surface area (Å²) in [6, 6.07) is 9.80. The fourth-order valence-corrected chi connectivity index (χ4v) is 2.15. The van der Waals surface area contributed by atoms with Crippen molar-refractivity contribution in [1.82, 2.24) is 5.16 Å². The molecule has 0 aliphatic rings. The molecule has 1 heterocycles. The van der Waals surface area contributed by atoms with Crippen molar-refractivity contribution in [3.05, 3.63) is 52.9 Å². The number of aldehydes is 1. The molecule has 1 atom stereocenters. The lowest BCUT2D eigenvalue weighted by Crippen LogP contribution is -2.27. The molecule has 0 spiro atoms. The molecule has 0 fully saturated rings. The summed E-state index contributed by atoms with van der Waals surface area (Å²) in [5, 5.41) is 3.94. The van der Waals surface area contributed by atoms with E-state index in [1.807, 2.05) is 51.1 Å². The number of carbonyl (C=O) groups is 1. The highest BCUT2D eigenvalue weighted by atomic mass is 16.5. The van der Waals surface area contributed by atoms with Crippen LogP contribution in [0.4, 0.5) is 0 Å². The van der Waals surface area contributed by atoms with Crippen LogP contribution in [0.25, 0.3) is 0 Å². The first-order valence-corrected chi connectivity index (χ1v) is 6.00. The maximum atomic E-state index is 11.5. The molecule has 0 saturated heterocycles. The molecule has 18 heavy (non-hydrogen) atoms. The normalized spacial score (nSPS) is 14.2. The van der Waals surface area contributed by atoms with Crippen molar-refractivity contribution in [3.8, 4) is 0 Å². The molecule has 3 nitrogen and oxygen atoms in total. The fourth-order valence-electron chi connectivity index (χ4n) is 2.15. The first-order chi connectivity index (χ1) is 8.57. The van der Waals surface area contributed by atoms with Crippen LogP contribution in [0, 0.1) is 13.8 Å². The molecule has 0 N–H and O–H groups in total. The molecule has 2 rings (SSSR count). The van der Waals surface area contributed by atoms with Gasteiger partial charge in [-0.2, -0.15) is 0 Å². The van der Waals surface area contributed by atoms with Gasteiger partial charge in [-0.1, -0.05) is 35.5 Å². The molecule has 0 bridgehead atoms. The fraction of sp³-hybridized carbons (Fsp3) is 0.333. The Morgan fingerprint density at radius 2 is 1.94 bits per heavy atom. The molecule has 94 valence electrons. The van der Waals surface area contributed by atoms with Crippen LogP contribution in [0.3, 0.4) is 0 Å². The molecule has 1 aromatic carbocycles. The lowest BCUT2D eigenvalue weighted by molar-refractivity contribution is -0.112. The van der Waals surface area contributed by atoms with Gasteiger partial charge in [0.1, 0.15) is 12.0 Å². The Labute approximate surface area is 107 Å². The smallest absolute Gasteiger partial charge is 0.137 e. The lowest BCUT2D eigenvalue weighted by atomic mass is 9.78. The molecule has 0 radical (unpaired) electrons. The summed E-state index contributed by atoms with van der Waals surface area (Å²) < 4.78 is 5.16. The van der Waals surface area contributed by atoms with Crippen molar-refractivity contribution in [3.63, 3.8) is 0 Å². The molecule has 0 amide bonds. The molecule has 0 unspecified atom stereocenters. The summed E-state index contributed by atoms with van der Waals surface area (Å²) in [7, 11) is 0. The van der Waals surface area contributed by atoms with Crippen molar-refractivity contribution < 1.29 is 9.32 Å². The number of carbonyl (C=O) groups excluding carboxylic acids is 1. The molecule has 0 aliphatic carbocycles. The van der Waals surface area contributed by atoms with E-state index in [0.29, 0.717) is 6.42 Å². The highest BCUT2D eigenvalue weighted by molar-refractivity contribution is 5.68. The Kier molecular flexibility index (Phi) is 3.32. The van der Waals surface area contributed by atoms with Gasteiger partial charge in [0.15, 0.2) is 0 Å². The van der Waals surface area contributed by atoms with Crippen molar-refractivity contribution in [2.45, 2.75) is 32.6 Å². The Hall–Kier alpha value is -1.90. The minimum atomic E-state index is -0.539. The van der Waals surface area contributed by atoms with Gasteiger partial charge in [-0.25, -0.2) is 0 Å². The Morgan fingerprint density at radius 3 is 2.44 bits per heavy atom. The Morgan fingerprint density at radius 1 is 1.28 bits per heavy atom. The summed E-state index contributed by atoms with van der Waals surface area (Å²) in [4.78, 5) is 11.5. The third kappa shape index (κ3) is 2.21. The zero-order valence-electron chi connectivity index (χ0n) is 10.9. The van der Waals surface area contributed by atoms with Crippen LogP contribution >= 0.6 is 0 Å². The van der Waals surface area contributed by atoms with Crippen LogP contribution in [-0.4, -0.2) is 11.4 Å². The van der Waals surface area contributed by atoms with Gasteiger partial charge in [-0.05, 0) is 32.8 Å². The number of nitrogens with zero attached hydrogens (tertiary/aromatic N) is 1. The van der Waals surface area contributed by atoms with Crippen molar-refractivity contribution >= 4 is 6.29 Å². The van der Waals surface area contributed by atoms with E-state index in [0.717, 1.165) is 28.9 Å². The summed E-state index contributed by atoms with van der Waals surface area (Å²) in [6.45, 7) is 5.73. The van der Waals surface area contributed by atoms with E-state index < -0.39 is 5.41 Å². The number of hydrogen-bond donors (Lipinski definition) is 0. The molecule has 1 aromatic heterocycles. The number of benzene rings is 1. The standard InChI is InChI=1S/C15H17NO2/c1-11-14(12(2)18-16-11)9-15(3,10-17)13-7-5-4-6-8-13/h4-8,10H,9H2,1-3H3/t15-/m0/s1.